The molecule has 0 radical (unpaired) electrons. The first-order valence-electron chi connectivity index (χ1n) is 7.38. The molecule has 0 unspecified atom stereocenters. The minimum atomic E-state index is -0.580. The van der Waals surface area contributed by atoms with Crippen molar-refractivity contribution in [2.75, 3.05) is 11.9 Å². The van der Waals surface area contributed by atoms with Crippen LogP contribution in [0.2, 0.25) is 10.0 Å². The van der Waals surface area contributed by atoms with Crippen molar-refractivity contribution in [3.63, 3.8) is 0 Å². The number of nitrogens with one attached hydrogen (secondary N) is 2. The highest BCUT2D eigenvalue weighted by atomic mass is 35.5. The predicted octanol–water partition coefficient (Wildman–Crippen LogP) is 3.88. The number of phenolic OH excluding ortho intramolecular Hbond substituents is 1. The van der Waals surface area contributed by atoms with Crippen LogP contribution in [0.3, 0.4) is 0 Å². The lowest BCUT2D eigenvalue weighted by molar-refractivity contribution is -0.112. The van der Waals surface area contributed by atoms with E-state index in [9.17, 15) is 9.90 Å². The summed E-state index contributed by atoms with van der Waals surface area (Å²) >= 11 is 11.9. The molecule has 0 fully saturated rings. The maximum absolute atomic E-state index is 12.1. The van der Waals surface area contributed by atoms with Crippen molar-refractivity contribution in [1.82, 2.24) is 5.32 Å². The molecule has 0 saturated carbocycles. The zero-order valence-corrected chi connectivity index (χ0v) is 14.6. The van der Waals surface area contributed by atoms with Gasteiger partial charge in [-0.15, -0.1) is 0 Å². The zero-order valence-electron chi connectivity index (χ0n) is 13.1. The van der Waals surface area contributed by atoms with Gasteiger partial charge in [0.15, 0.2) is 0 Å². The maximum atomic E-state index is 12.1. The van der Waals surface area contributed by atoms with Crippen LogP contribution in [0.5, 0.6) is 5.75 Å². The summed E-state index contributed by atoms with van der Waals surface area (Å²) in [5.41, 5.74) is 1.28. The number of hydrogen-bond acceptors (Lipinski definition) is 4. The number of amides is 1. The lowest BCUT2D eigenvalue weighted by Crippen LogP contribution is -2.18. The Hall–Kier alpha value is -2.68. The number of rotatable bonds is 6. The molecule has 0 aliphatic heterocycles. The number of halogens is 2. The number of carbonyl (C=O) groups is 1. The van der Waals surface area contributed by atoms with Crippen LogP contribution in [-0.2, 0) is 11.2 Å². The fraction of sp³-hybridized carbons (Fsp3) is 0.111. The number of aromatic hydroxyl groups is 1. The van der Waals surface area contributed by atoms with E-state index in [0.29, 0.717) is 23.7 Å². The van der Waals surface area contributed by atoms with Gasteiger partial charge in [-0.1, -0.05) is 41.4 Å². The molecule has 0 atom stereocenters. The lowest BCUT2D eigenvalue weighted by Gasteiger charge is -2.08. The van der Waals surface area contributed by atoms with E-state index in [1.807, 2.05) is 6.07 Å². The van der Waals surface area contributed by atoms with Crippen molar-refractivity contribution in [1.29, 1.82) is 5.26 Å². The summed E-state index contributed by atoms with van der Waals surface area (Å²) in [7, 11) is 0. The predicted molar refractivity (Wildman–Crippen MR) is 98.6 cm³/mol. The average Bonchev–Trinajstić information content (AvgIpc) is 2.60. The van der Waals surface area contributed by atoms with Crippen LogP contribution in [0.4, 0.5) is 5.69 Å². The van der Waals surface area contributed by atoms with E-state index in [4.69, 9.17) is 28.5 Å². The van der Waals surface area contributed by atoms with Gasteiger partial charge in [-0.25, -0.2) is 0 Å². The first-order chi connectivity index (χ1) is 12.0. The fourth-order valence-corrected chi connectivity index (χ4v) is 2.34. The van der Waals surface area contributed by atoms with E-state index in [1.165, 1.54) is 6.20 Å². The number of carbonyl (C=O) groups excluding carboxylic acids is 1. The summed E-state index contributed by atoms with van der Waals surface area (Å²) in [5, 5.41) is 24.4. The minimum Gasteiger partial charge on any atom is -0.508 e. The van der Waals surface area contributed by atoms with Gasteiger partial charge in [-0.2, -0.15) is 5.26 Å². The summed E-state index contributed by atoms with van der Waals surface area (Å²) < 4.78 is 0. The van der Waals surface area contributed by atoms with Crippen LogP contribution >= 0.6 is 23.2 Å². The molecule has 5 nitrogen and oxygen atoms in total. The molecular weight excluding hydrogens is 361 g/mol. The van der Waals surface area contributed by atoms with E-state index < -0.39 is 5.91 Å². The molecule has 0 saturated heterocycles. The Morgan fingerprint density at radius 3 is 2.60 bits per heavy atom. The largest absolute Gasteiger partial charge is 0.508 e. The second-order valence-electron chi connectivity index (χ2n) is 5.10. The molecule has 2 aromatic rings. The Morgan fingerprint density at radius 2 is 1.92 bits per heavy atom. The van der Waals surface area contributed by atoms with Crippen molar-refractivity contribution in [3.05, 3.63) is 69.8 Å². The van der Waals surface area contributed by atoms with Gasteiger partial charge in [0.1, 0.15) is 17.4 Å². The van der Waals surface area contributed by atoms with E-state index in [2.05, 4.69) is 10.6 Å². The zero-order chi connectivity index (χ0) is 18.2. The van der Waals surface area contributed by atoms with E-state index >= 15 is 0 Å². The van der Waals surface area contributed by atoms with Crippen molar-refractivity contribution >= 4 is 34.8 Å². The van der Waals surface area contributed by atoms with Gasteiger partial charge < -0.3 is 15.7 Å². The topological polar surface area (TPSA) is 85.2 Å². The smallest absolute Gasteiger partial charge is 0.267 e. The van der Waals surface area contributed by atoms with Crippen LogP contribution in [0.25, 0.3) is 0 Å². The third-order valence-corrected chi connectivity index (χ3v) is 4.12. The molecule has 0 heterocycles. The molecule has 3 N–H and O–H groups in total. The molecule has 0 spiro atoms. The van der Waals surface area contributed by atoms with Crippen LogP contribution in [0.1, 0.15) is 5.56 Å². The molecular formula is C18H15Cl2N3O2. The first-order valence-corrected chi connectivity index (χ1v) is 8.14. The van der Waals surface area contributed by atoms with Crippen LogP contribution in [0.15, 0.2) is 54.2 Å². The summed E-state index contributed by atoms with van der Waals surface area (Å²) in [4.78, 5) is 12.1. The molecule has 0 aliphatic carbocycles. The van der Waals surface area contributed by atoms with Crippen LogP contribution in [0, 0.1) is 11.3 Å². The van der Waals surface area contributed by atoms with Gasteiger partial charge in [0, 0.05) is 12.7 Å². The molecule has 7 heteroatoms. The Bertz CT molecular complexity index is 827. The molecule has 1 amide bonds. The molecule has 0 aliphatic rings. The van der Waals surface area contributed by atoms with Crippen molar-refractivity contribution in [2.45, 2.75) is 6.42 Å². The number of nitriles is 1. The summed E-state index contributed by atoms with van der Waals surface area (Å²) in [6.07, 6.45) is 2.03. The summed E-state index contributed by atoms with van der Waals surface area (Å²) in [6.45, 7) is 0.529. The van der Waals surface area contributed by atoms with Gasteiger partial charge in [0.05, 0.1) is 15.7 Å². The third kappa shape index (κ3) is 5.42. The Morgan fingerprint density at radius 1 is 1.20 bits per heavy atom. The third-order valence-electron chi connectivity index (χ3n) is 3.31. The highest BCUT2D eigenvalue weighted by molar-refractivity contribution is 6.44. The van der Waals surface area contributed by atoms with Gasteiger partial charge in [0.2, 0.25) is 0 Å². The second kappa shape index (κ2) is 8.97. The quantitative estimate of drug-likeness (QED) is 0.406. The van der Waals surface area contributed by atoms with Gasteiger partial charge >= 0.3 is 0 Å². The molecule has 2 aromatic carbocycles. The standard InChI is InChI=1S/C18H15Cl2N3O2/c19-15-2-1-3-16(17(15)20)23-18(25)13(10-21)11-22-9-8-12-4-6-14(24)7-5-12/h1-7,11,22,24H,8-9H2,(H,23,25)/b13-11-. The van der Waals surface area contributed by atoms with Gasteiger partial charge in [0.25, 0.3) is 5.91 Å². The van der Waals surface area contributed by atoms with Crippen LogP contribution in [-0.4, -0.2) is 17.6 Å². The van der Waals surface area contributed by atoms with Crippen molar-refractivity contribution < 1.29 is 9.90 Å². The second-order valence-corrected chi connectivity index (χ2v) is 5.88. The SMILES string of the molecule is N#C/C(=C/NCCc1ccc(O)cc1)C(=O)Nc1cccc(Cl)c1Cl. The Kier molecular flexibility index (Phi) is 6.70. The summed E-state index contributed by atoms with van der Waals surface area (Å²) in [5.74, 6) is -0.372. The molecule has 0 aromatic heterocycles. The number of nitrogens with zero attached hydrogens (tertiary/aromatic N) is 1. The number of hydrogen-bond donors (Lipinski definition) is 3. The van der Waals surface area contributed by atoms with Crippen LogP contribution < -0.4 is 10.6 Å². The molecule has 2 rings (SSSR count). The Balaban J connectivity index is 1.92. The fourth-order valence-electron chi connectivity index (χ4n) is 1.99. The van der Waals surface area contributed by atoms with Crippen molar-refractivity contribution in [2.24, 2.45) is 0 Å². The summed E-state index contributed by atoms with van der Waals surface area (Å²) in [6, 6.07) is 13.5. The molecule has 0 bridgehead atoms. The monoisotopic (exact) mass is 375 g/mol. The van der Waals surface area contributed by atoms with Gasteiger partial charge in [-0.3, -0.25) is 4.79 Å². The highest BCUT2D eigenvalue weighted by Gasteiger charge is 2.12. The van der Waals surface area contributed by atoms with Gasteiger partial charge in [-0.05, 0) is 36.2 Å². The first kappa shape index (κ1) is 18.7. The molecule has 25 heavy (non-hydrogen) atoms. The average molecular weight is 376 g/mol. The lowest BCUT2D eigenvalue weighted by atomic mass is 10.1. The van der Waals surface area contributed by atoms with E-state index in [-0.39, 0.29) is 16.3 Å². The Labute approximate surface area is 155 Å². The highest BCUT2D eigenvalue weighted by Crippen LogP contribution is 2.29. The van der Waals surface area contributed by atoms with E-state index in [0.717, 1.165) is 5.56 Å². The number of benzene rings is 2. The number of anilines is 1. The van der Waals surface area contributed by atoms with Crippen molar-refractivity contribution in [3.8, 4) is 11.8 Å². The van der Waals surface area contributed by atoms with E-state index in [1.54, 1.807) is 42.5 Å². The maximum Gasteiger partial charge on any atom is 0.267 e. The normalized spacial score (nSPS) is 10.8. The number of phenols is 1. The minimum absolute atomic E-state index is 0.0817. The molecule has 128 valence electrons.